The monoisotopic (exact) mass is 464 g/mol. The zero-order valence-corrected chi connectivity index (χ0v) is 17.9. The molecule has 34 heavy (non-hydrogen) atoms. The topological polar surface area (TPSA) is 77.1 Å². The number of hydrogen-bond acceptors (Lipinski definition) is 6. The van der Waals surface area contributed by atoms with E-state index in [4.69, 9.17) is 14.2 Å². The number of anilines is 2. The van der Waals surface area contributed by atoms with E-state index in [1.807, 2.05) is 0 Å². The molecule has 0 radical (unpaired) electrons. The first-order valence-electron chi connectivity index (χ1n) is 10.4. The van der Waals surface area contributed by atoms with Crippen molar-refractivity contribution < 1.29 is 32.6 Å². The fourth-order valence-electron chi connectivity index (χ4n) is 3.82. The van der Waals surface area contributed by atoms with E-state index in [-0.39, 0.29) is 17.0 Å². The van der Waals surface area contributed by atoms with Crippen LogP contribution in [0.1, 0.15) is 5.56 Å². The maximum absolute atomic E-state index is 14.5. The normalized spacial score (nSPS) is 15.1. The lowest BCUT2D eigenvalue weighted by molar-refractivity contribution is -0.120. The zero-order chi connectivity index (χ0) is 23.8. The highest BCUT2D eigenvalue weighted by atomic mass is 19.1. The average Bonchev–Trinajstić information content (AvgIpc) is 3.08. The molecular formula is C25H18F2N2O5. The third-order valence-corrected chi connectivity index (χ3v) is 5.42. The van der Waals surface area contributed by atoms with Gasteiger partial charge in [-0.1, -0.05) is 12.1 Å². The maximum atomic E-state index is 14.5. The highest BCUT2D eigenvalue weighted by molar-refractivity contribution is 6.46. The van der Waals surface area contributed by atoms with Gasteiger partial charge in [-0.3, -0.25) is 9.59 Å². The number of halogens is 2. The molecule has 0 bridgehead atoms. The summed E-state index contributed by atoms with van der Waals surface area (Å²) in [6, 6.07) is 14.2. The molecule has 0 unspecified atom stereocenters. The Kier molecular flexibility index (Phi) is 5.37. The first-order valence-corrected chi connectivity index (χ1v) is 10.4. The second-order valence-electron chi connectivity index (χ2n) is 7.50. The molecule has 3 aromatic carbocycles. The molecule has 9 heteroatoms. The van der Waals surface area contributed by atoms with Crippen LogP contribution in [0.5, 0.6) is 17.2 Å². The number of rotatable bonds is 5. The number of imide groups is 1. The summed E-state index contributed by atoms with van der Waals surface area (Å²) in [5.41, 5.74) is 0.514. The molecule has 5 rings (SSSR count). The standard InChI is InChI=1S/C25H18F2N2O5/c1-32-17-6-2-14(3-7-17)22-23(28-16-5-9-20-21(13-16)34-11-10-33-20)25(31)29(24(22)30)19-8-4-15(26)12-18(19)27/h2-9,12-13,28H,10-11H2,1H3. The molecule has 2 aliphatic rings. The Bertz CT molecular complexity index is 1340. The van der Waals surface area contributed by atoms with Gasteiger partial charge in [-0.05, 0) is 42.0 Å². The number of carbonyl (C=O) groups is 2. The van der Waals surface area contributed by atoms with Gasteiger partial charge in [0, 0.05) is 17.8 Å². The minimum absolute atomic E-state index is 0.0336. The molecule has 0 fully saturated rings. The van der Waals surface area contributed by atoms with Gasteiger partial charge in [0.2, 0.25) is 0 Å². The van der Waals surface area contributed by atoms with Gasteiger partial charge in [-0.2, -0.15) is 0 Å². The van der Waals surface area contributed by atoms with Crippen LogP contribution in [0.25, 0.3) is 5.57 Å². The quantitative estimate of drug-likeness (QED) is 0.572. The summed E-state index contributed by atoms with van der Waals surface area (Å²) in [5.74, 6) is -1.78. The van der Waals surface area contributed by atoms with E-state index in [2.05, 4.69) is 5.32 Å². The van der Waals surface area contributed by atoms with Crippen molar-refractivity contribution in [3.8, 4) is 17.2 Å². The van der Waals surface area contributed by atoms with Gasteiger partial charge >= 0.3 is 0 Å². The van der Waals surface area contributed by atoms with E-state index < -0.39 is 23.4 Å². The smallest absolute Gasteiger partial charge is 0.282 e. The Labute approximate surface area is 193 Å². The summed E-state index contributed by atoms with van der Waals surface area (Å²) in [4.78, 5) is 27.5. The minimum atomic E-state index is -1.03. The van der Waals surface area contributed by atoms with Crippen molar-refractivity contribution in [3.05, 3.63) is 83.6 Å². The molecule has 0 aromatic heterocycles. The molecule has 172 valence electrons. The van der Waals surface area contributed by atoms with Gasteiger partial charge in [-0.15, -0.1) is 0 Å². The van der Waals surface area contributed by atoms with Gasteiger partial charge in [0.15, 0.2) is 11.5 Å². The van der Waals surface area contributed by atoms with Crippen LogP contribution in [0.15, 0.2) is 66.4 Å². The average molecular weight is 464 g/mol. The third kappa shape index (κ3) is 3.71. The summed E-state index contributed by atoms with van der Waals surface area (Å²) < 4.78 is 44.3. The van der Waals surface area contributed by atoms with E-state index >= 15 is 0 Å². The van der Waals surface area contributed by atoms with Crippen LogP contribution in [-0.4, -0.2) is 32.1 Å². The summed E-state index contributed by atoms with van der Waals surface area (Å²) >= 11 is 0. The van der Waals surface area contributed by atoms with E-state index in [1.165, 1.54) is 7.11 Å². The Morgan fingerprint density at radius 1 is 0.882 bits per heavy atom. The van der Waals surface area contributed by atoms with Gasteiger partial charge in [0.25, 0.3) is 11.8 Å². The van der Waals surface area contributed by atoms with Crippen LogP contribution < -0.4 is 24.4 Å². The molecule has 2 amide bonds. The fourth-order valence-corrected chi connectivity index (χ4v) is 3.82. The molecule has 0 saturated carbocycles. The van der Waals surface area contributed by atoms with Crippen LogP contribution in [-0.2, 0) is 9.59 Å². The molecule has 7 nitrogen and oxygen atoms in total. The SMILES string of the molecule is COc1ccc(C2=C(Nc3ccc4c(c3)OCCO4)C(=O)N(c3ccc(F)cc3F)C2=O)cc1. The molecule has 0 saturated heterocycles. The van der Waals surface area contributed by atoms with Crippen LogP contribution in [0.3, 0.4) is 0 Å². The molecular weight excluding hydrogens is 446 g/mol. The molecule has 0 atom stereocenters. The predicted octanol–water partition coefficient (Wildman–Crippen LogP) is 4.14. The van der Waals surface area contributed by atoms with Gasteiger partial charge in [0.1, 0.15) is 36.3 Å². The summed E-state index contributed by atoms with van der Waals surface area (Å²) in [7, 11) is 1.51. The summed E-state index contributed by atoms with van der Waals surface area (Å²) in [6.07, 6.45) is 0. The Balaban J connectivity index is 1.59. The summed E-state index contributed by atoms with van der Waals surface area (Å²) in [5, 5.41) is 2.98. The van der Waals surface area contributed by atoms with E-state index in [9.17, 15) is 18.4 Å². The van der Waals surface area contributed by atoms with Crippen molar-refractivity contribution in [3.63, 3.8) is 0 Å². The number of amides is 2. The van der Waals surface area contributed by atoms with Crippen molar-refractivity contribution in [1.82, 2.24) is 0 Å². The zero-order valence-electron chi connectivity index (χ0n) is 17.9. The van der Waals surface area contributed by atoms with Crippen molar-refractivity contribution in [1.29, 1.82) is 0 Å². The lowest BCUT2D eigenvalue weighted by atomic mass is 10.0. The molecule has 0 aliphatic carbocycles. The van der Waals surface area contributed by atoms with Crippen molar-refractivity contribution in [2.24, 2.45) is 0 Å². The highest BCUT2D eigenvalue weighted by Gasteiger charge is 2.41. The Hall–Kier alpha value is -4.40. The van der Waals surface area contributed by atoms with Crippen molar-refractivity contribution in [2.75, 3.05) is 30.5 Å². The Morgan fingerprint density at radius 2 is 1.62 bits per heavy atom. The lowest BCUT2D eigenvalue weighted by Crippen LogP contribution is -2.33. The molecule has 2 aliphatic heterocycles. The number of ether oxygens (including phenoxy) is 3. The number of benzene rings is 3. The number of nitrogens with zero attached hydrogens (tertiary/aromatic N) is 1. The minimum Gasteiger partial charge on any atom is -0.497 e. The van der Waals surface area contributed by atoms with Gasteiger partial charge in [0.05, 0.1) is 18.4 Å². The van der Waals surface area contributed by atoms with Crippen molar-refractivity contribution in [2.45, 2.75) is 0 Å². The number of fused-ring (bicyclic) bond motifs is 1. The molecule has 2 heterocycles. The summed E-state index contributed by atoms with van der Waals surface area (Å²) in [6.45, 7) is 0.809. The van der Waals surface area contributed by atoms with Crippen molar-refractivity contribution >= 4 is 28.8 Å². The molecule has 0 spiro atoms. The van der Waals surface area contributed by atoms with E-state index in [0.29, 0.717) is 52.7 Å². The lowest BCUT2D eigenvalue weighted by Gasteiger charge is -2.19. The first-order chi connectivity index (χ1) is 16.5. The number of carbonyl (C=O) groups excluding carboxylic acids is 2. The number of hydrogen-bond donors (Lipinski definition) is 1. The van der Waals surface area contributed by atoms with Gasteiger partial charge < -0.3 is 19.5 Å². The molecule has 1 N–H and O–H groups in total. The number of methoxy groups -OCH3 is 1. The Morgan fingerprint density at radius 3 is 2.32 bits per heavy atom. The first kappa shape index (κ1) is 21.4. The van der Waals surface area contributed by atoms with E-state index in [1.54, 1.807) is 42.5 Å². The highest BCUT2D eigenvalue weighted by Crippen LogP contribution is 2.37. The van der Waals surface area contributed by atoms with Crippen LogP contribution in [0.2, 0.25) is 0 Å². The number of nitrogens with one attached hydrogen (secondary N) is 1. The second kappa shape index (κ2) is 8.51. The molecule has 3 aromatic rings. The van der Waals surface area contributed by atoms with Gasteiger partial charge in [-0.25, -0.2) is 13.7 Å². The van der Waals surface area contributed by atoms with Crippen LogP contribution in [0.4, 0.5) is 20.2 Å². The largest absolute Gasteiger partial charge is 0.497 e. The van der Waals surface area contributed by atoms with Crippen LogP contribution >= 0.6 is 0 Å². The fraction of sp³-hybridized carbons (Fsp3) is 0.120. The third-order valence-electron chi connectivity index (χ3n) is 5.42. The van der Waals surface area contributed by atoms with Crippen LogP contribution in [0, 0.1) is 11.6 Å². The second-order valence-corrected chi connectivity index (χ2v) is 7.50. The van der Waals surface area contributed by atoms with E-state index in [0.717, 1.165) is 12.1 Å². The predicted molar refractivity (Wildman–Crippen MR) is 120 cm³/mol. The maximum Gasteiger partial charge on any atom is 0.282 e.